The van der Waals surface area contributed by atoms with Crippen LogP contribution in [0.3, 0.4) is 0 Å². The number of carboxylic acids is 1. The molecule has 118 valence electrons. The highest BCUT2D eigenvalue weighted by molar-refractivity contribution is 5.89. The van der Waals surface area contributed by atoms with E-state index >= 15 is 0 Å². The van der Waals surface area contributed by atoms with Crippen molar-refractivity contribution in [2.45, 2.75) is 31.4 Å². The minimum Gasteiger partial charge on any atom is -0.481 e. The standard InChI is InChI=1S/C16H18FNO4/c17-10-5-3-9(4-6-10)14(13-2-1-7-22-13)18-15(19)11-8-12(11)16(20)21/h3-6,11-14H,1-2,7-8H2,(H,18,19)(H,20,21). The number of amides is 1. The van der Waals surface area contributed by atoms with Crippen LogP contribution in [-0.2, 0) is 14.3 Å². The first-order chi connectivity index (χ1) is 10.6. The highest BCUT2D eigenvalue weighted by Gasteiger charge is 2.49. The van der Waals surface area contributed by atoms with Gasteiger partial charge in [-0.1, -0.05) is 12.1 Å². The fraction of sp³-hybridized carbons (Fsp3) is 0.500. The predicted molar refractivity (Wildman–Crippen MR) is 75.5 cm³/mol. The van der Waals surface area contributed by atoms with E-state index in [1.807, 2.05) is 0 Å². The molecule has 1 heterocycles. The zero-order valence-corrected chi connectivity index (χ0v) is 12.0. The summed E-state index contributed by atoms with van der Waals surface area (Å²) in [4.78, 5) is 23.1. The number of hydrogen-bond donors (Lipinski definition) is 2. The first-order valence-electron chi connectivity index (χ1n) is 7.46. The smallest absolute Gasteiger partial charge is 0.307 e. The normalized spacial score (nSPS) is 28.1. The maximum absolute atomic E-state index is 13.1. The first-order valence-corrected chi connectivity index (χ1v) is 7.46. The number of rotatable bonds is 5. The SMILES string of the molecule is O=C(O)C1CC1C(=O)NC(c1ccc(F)cc1)C1CCCO1. The largest absolute Gasteiger partial charge is 0.481 e. The molecule has 2 aliphatic rings. The Balaban J connectivity index is 1.73. The van der Waals surface area contributed by atoms with E-state index in [0.717, 1.165) is 18.4 Å². The van der Waals surface area contributed by atoms with Crippen molar-refractivity contribution in [3.8, 4) is 0 Å². The highest BCUT2D eigenvalue weighted by atomic mass is 19.1. The fourth-order valence-corrected chi connectivity index (χ4v) is 2.94. The number of carbonyl (C=O) groups excluding carboxylic acids is 1. The lowest BCUT2D eigenvalue weighted by molar-refractivity contribution is -0.140. The second-order valence-electron chi connectivity index (χ2n) is 5.88. The maximum Gasteiger partial charge on any atom is 0.307 e. The zero-order valence-electron chi connectivity index (χ0n) is 12.0. The Labute approximate surface area is 127 Å². The number of hydrogen-bond acceptors (Lipinski definition) is 3. The Morgan fingerprint density at radius 1 is 1.27 bits per heavy atom. The van der Waals surface area contributed by atoms with Crippen molar-refractivity contribution in [3.05, 3.63) is 35.6 Å². The van der Waals surface area contributed by atoms with Gasteiger partial charge in [0.05, 0.1) is 24.0 Å². The van der Waals surface area contributed by atoms with E-state index in [0.29, 0.717) is 13.0 Å². The molecule has 0 radical (unpaired) electrons. The molecule has 5 nitrogen and oxygen atoms in total. The molecule has 4 atom stereocenters. The van der Waals surface area contributed by atoms with Crippen molar-refractivity contribution in [3.63, 3.8) is 0 Å². The van der Waals surface area contributed by atoms with Crippen LogP contribution < -0.4 is 5.32 Å². The molecular formula is C16H18FNO4. The number of halogens is 1. The van der Waals surface area contributed by atoms with E-state index in [1.165, 1.54) is 12.1 Å². The van der Waals surface area contributed by atoms with Crippen LogP contribution in [0.4, 0.5) is 4.39 Å². The molecule has 1 aliphatic carbocycles. The number of carbonyl (C=O) groups is 2. The lowest BCUT2D eigenvalue weighted by Gasteiger charge is -2.25. The number of aliphatic carboxylic acids is 1. The third kappa shape index (κ3) is 3.11. The van der Waals surface area contributed by atoms with Crippen LogP contribution in [0.2, 0.25) is 0 Å². The molecule has 1 aromatic rings. The Hall–Kier alpha value is -1.95. The lowest BCUT2D eigenvalue weighted by Crippen LogP contribution is -2.37. The van der Waals surface area contributed by atoms with Gasteiger partial charge in [0.1, 0.15) is 5.82 Å². The summed E-state index contributed by atoms with van der Waals surface area (Å²) in [7, 11) is 0. The van der Waals surface area contributed by atoms with Crippen molar-refractivity contribution in [2.75, 3.05) is 6.61 Å². The van der Waals surface area contributed by atoms with Crippen molar-refractivity contribution < 1.29 is 23.8 Å². The highest BCUT2D eigenvalue weighted by Crippen LogP contribution is 2.39. The summed E-state index contributed by atoms with van der Waals surface area (Å²) in [5, 5.41) is 11.8. The maximum atomic E-state index is 13.1. The average Bonchev–Trinajstić information content (AvgIpc) is 3.14. The van der Waals surface area contributed by atoms with Crippen LogP contribution in [0, 0.1) is 17.7 Å². The van der Waals surface area contributed by atoms with Gasteiger partial charge in [-0.2, -0.15) is 0 Å². The van der Waals surface area contributed by atoms with Gasteiger partial charge in [0.15, 0.2) is 0 Å². The molecule has 2 N–H and O–H groups in total. The van der Waals surface area contributed by atoms with Gasteiger partial charge in [-0.15, -0.1) is 0 Å². The Morgan fingerprint density at radius 3 is 2.55 bits per heavy atom. The summed E-state index contributed by atoms with van der Waals surface area (Å²) in [6, 6.07) is 5.58. The topological polar surface area (TPSA) is 75.6 Å². The van der Waals surface area contributed by atoms with Crippen molar-refractivity contribution in [1.82, 2.24) is 5.32 Å². The van der Waals surface area contributed by atoms with E-state index in [4.69, 9.17) is 9.84 Å². The summed E-state index contributed by atoms with van der Waals surface area (Å²) in [5.41, 5.74) is 0.772. The van der Waals surface area contributed by atoms with Gasteiger partial charge in [-0.05, 0) is 37.0 Å². The second-order valence-corrected chi connectivity index (χ2v) is 5.88. The minimum atomic E-state index is -0.935. The van der Waals surface area contributed by atoms with Crippen molar-refractivity contribution in [1.29, 1.82) is 0 Å². The van der Waals surface area contributed by atoms with E-state index in [2.05, 4.69) is 5.32 Å². The lowest BCUT2D eigenvalue weighted by atomic mass is 9.99. The molecular weight excluding hydrogens is 289 g/mol. The van der Waals surface area contributed by atoms with E-state index < -0.39 is 17.8 Å². The van der Waals surface area contributed by atoms with Crippen LogP contribution in [0.5, 0.6) is 0 Å². The van der Waals surface area contributed by atoms with Gasteiger partial charge in [0.2, 0.25) is 5.91 Å². The van der Waals surface area contributed by atoms with Gasteiger partial charge >= 0.3 is 5.97 Å². The molecule has 1 saturated carbocycles. The Bertz CT molecular complexity index is 568. The average molecular weight is 307 g/mol. The van der Waals surface area contributed by atoms with Gasteiger partial charge in [0.25, 0.3) is 0 Å². The van der Waals surface area contributed by atoms with E-state index in [1.54, 1.807) is 12.1 Å². The second kappa shape index (κ2) is 6.04. The molecule has 22 heavy (non-hydrogen) atoms. The molecule has 0 aromatic heterocycles. The van der Waals surface area contributed by atoms with Crippen molar-refractivity contribution in [2.24, 2.45) is 11.8 Å². The van der Waals surface area contributed by atoms with E-state index in [9.17, 15) is 14.0 Å². The monoisotopic (exact) mass is 307 g/mol. The Kier molecular flexibility index (Phi) is 4.11. The first kappa shape index (κ1) is 15.0. The van der Waals surface area contributed by atoms with Crippen LogP contribution >= 0.6 is 0 Å². The Morgan fingerprint density at radius 2 is 2.00 bits per heavy atom. The van der Waals surface area contributed by atoms with Gasteiger partial charge in [-0.25, -0.2) is 4.39 Å². The molecule has 1 aromatic carbocycles. The van der Waals surface area contributed by atoms with Crippen molar-refractivity contribution >= 4 is 11.9 Å². The molecule has 0 bridgehead atoms. The molecule has 6 heteroatoms. The summed E-state index contributed by atoms with van der Waals surface area (Å²) < 4.78 is 18.7. The van der Waals surface area contributed by atoms with Crippen LogP contribution in [0.1, 0.15) is 30.9 Å². The van der Waals surface area contributed by atoms with E-state index in [-0.39, 0.29) is 23.9 Å². The third-order valence-corrected chi connectivity index (χ3v) is 4.31. The molecule has 1 saturated heterocycles. The summed E-state index contributed by atoms with van der Waals surface area (Å²) >= 11 is 0. The molecule has 0 spiro atoms. The summed E-state index contributed by atoms with van der Waals surface area (Å²) in [6.45, 7) is 0.638. The predicted octanol–water partition coefficient (Wildman–Crippen LogP) is 1.88. The summed E-state index contributed by atoms with van der Waals surface area (Å²) in [5.74, 6) is -2.60. The third-order valence-electron chi connectivity index (χ3n) is 4.31. The fourth-order valence-electron chi connectivity index (χ4n) is 2.94. The molecule has 1 amide bonds. The van der Waals surface area contributed by atoms with Gasteiger partial charge in [-0.3, -0.25) is 9.59 Å². The minimum absolute atomic E-state index is 0.156. The quantitative estimate of drug-likeness (QED) is 0.871. The van der Waals surface area contributed by atoms with Crippen LogP contribution in [0.25, 0.3) is 0 Å². The van der Waals surface area contributed by atoms with Crippen LogP contribution in [-0.4, -0.2) is 29.7 Å². The number of ether oxygens (including phenoxy) is 1. The number of benzene rings is 1. The zero-order chi connectivity index (χ0) is 15.7. The van der Waals surface area contributed by atoms with Gasteiger partial charge < -0.3 is 15.2 Å². The van der Waals surface area contributed by atoms with Gasteiger partial charge in [0, 0.05) is 6.61 Å². The molecule has 2 fully saturated rings. The summed E-state index contributed by atoms with van der Waals surface area (Å²) in [6.07, 6.45) is 1.95. The molecule has 3 rings (SSSR count). The van der Waals surface area contributed by atoms with Crippen LogP contribution in [0.15, 0.2) is 24.3 Å². The number of carboxylic acid groups (broad SMARTS) is 1. The molecule has 4 unspecified atom stereocenters. The number of nitrogens with one attached hydrogen (secondary N) is 1. The molecule has 1 aliphatic heterocycles.